The Labute approximate surface area is 111 Å². The van der Waals surface area contributed by atoms with E-state index in [1.54, 1.807) is 6.07 Å². The van der Waals surface area contributed by atoms with Crippen LogP contribution in [0.5, 0.6) is 0 Å². The van der Waals surface area contributed by atoms with E-state index in [1.807, 2.05) is 35.8 Å². The molecule has 0 saturated heterocycles. The highest BCUT2D eigenvalue weighted by Gasteiger charge is 2.16. The van der Waals surface area contributed by atoms with E-state index in [-0.39, 0.29) is 12.5 Å². The summed E-state index contributed by atoms with van der Waals surface area (Å²) in [5, 5.41) is 3.39. The number of amides is 1. The molecule has 0 fully saturated rings. The van der Waals surface area contributed by atoms with Crippen LogP contribution in [0.4, 0.5) is 0 Å². The fourth-order valence-electron chi connectivity index (χ4n) is 2.00. The van der Waals surface area contributed by atoms with E-state index in [2.05, 4.69) is 5.32 Å². The standard InChI is InChI=1S/C14H16N2O3/c1-3-16-11-7-5-4-6-10(11)8-12(16)14(18)19-9-13(17)15-2/h4-8H,3,9H2,1-2H3,(H,15,17). The third-order valence-electron chi connectivity index (χ3n) is 2.95. The molecule has 100 valence electrons. The molecular formula is C14H16N2O3. The van der Waals surface area contributed by atoms with Crippen LogP contribution < -0.4 is 5.32 Å². The van der Waals surface area contributed by atoms with Gasteiger partial charge in [0.05, 0.1) is 0 Å². The lowest BCUT2D eigenvalue weighted by molar-refractivity contribution is -0.123. The third-order valence-corrected chi connectivity index (χ3v) is 2.95. The lowest BCUT2D eigenvalue weighted by Gasteiger charge is -2.07. The molecule has 0 bridgehead atoms. The Morgan fingerprint density at radius 3 is 2.74 bits per heavy atom. The molecule has 5 heteroatoms. The van der Waals surface area contributed by atoms with Gasteiger partial charge in [0.2, 0.25) is 0 Å². The minimum absolute atomic E-state index is 0.263. The lowest BCUT2D eigenvalue weighted by Crippen LogP contribution is -2.25. The van der Waals surface area contributed by atoms with Crippen molar-refractivity contribution >= 4 is 22.8 Å². The van der Waals surface area contributed by atoms with Crippen molar-refractivity contribution in [2.75, 3.05) is 13.7 Å². The Morgan fingerprint density at radius 1 is 1.32 bits per heavy atom. The fraction of sp³-hybridized carbons (Fsp3) is 0.286. The number of aryl methyl sites for hydroxylation is 1. The molecule has 2 aromatic rings. The van der Waals surface area contributed by atoms with Gasteiger partial charge in [0, 0.05) is 24.5 Å². The molecule has 0 aliphatic heterocycles. The van der Waals surface area contributed by atoms with Crippen LogP contribution in [0.15, 0.2) is 30.3 Å². The van der Waals surface area contributed by atoms with Gasteiger partial charge in [0.15, 0.2) is 6.61 Å². The van der Waals surface area contributed by atoms with Crippen LogP contribution in [0.25, 0.3) is 10.9 Å². The number of hydrogen-bond acceptors (Lipinski definition) is 3. The summed E-state index contributed by atoms with van der Waals surface area (Å²) in [5.74, 6) is -0.811. The maximum atomic E-state index is 12.0. The van der Waals surface area contributed by atoms with Crippen LogP contribution in [-0.4, -0.2) is 30.1 Å². The summed E-state index contributed by atoms with van der Waals surface area (Å²) in [5.41, 5.74) is 1.45. The quantitative estimate of drug-likeness (QED) is 0.849. The molecule has 5 nitrogen and oxygen atoms in total. The number of fused-ring (bicyclic) bond motifs is 1. The average Bonchev–Trinajstić information content (AvgIpc) is 2.82. The molecule has 1 aromatic carbocycles. The molecule has 19 heavy (non-hydrogen) atoms. The Kier molecular flexibility index (Phi) is 3.85. The van der Waals surface area contributed by atoms with Crippen LogP contribution in [0.1, 0.15) is 17.4 Å². The SMILES string of the molecule is CCn1c(C(=O)OCC(=O)NC)cc2ccccc21. The number of para-hydroxylation sites is 1. The Morgan fingerprint density at radius 2 is 2.05 bits per heavy atom. The van der Waals surface area contributed by atoms with Crippen LogP contribution >= 0.6 is 0 Å². The van der Waals surface area contributed by atoms with Gasteiger partial charge in [-0.2, -0.15) is 0 Å². The number of rotatable bonds is 4. The van der Waals surface area contributed by atoms with Gasteiger partial charge in [-0.05, 0) is 19.1 Å². The Hall–Kier alpha value is -2.30. The Balaban J connectivity index is 2.28. The van der Waals surface area contributed by atoms with Crippen LogP contribution in [-0.2, 0) is 16.1 Å². The monoisotopic (exact) mass is 260 g/mol. The minimum atomic E-state index is -0.485. The average molecular weight is 260 g/mol. The van der Waals surface area contributed by atoms with E-state index in [9.17, 15) is 9.59 Å². The smallest absolute Gasteiger partial charge is 0.355 e. The Bertz CT molecular complexity index is 616. The highest BCUT2D eigenvalue weighted by molar-refractivity contribution is 5.96. The van der Waals surface area contributed by atoms with Gasteiger partial charge in [-0.1, -0.05) is 18.2 Å². The predicted molar refractivity (Wildman–Crippen MR) is 72.0 cm³/mol. The summed E-state index contributed by atoms with van der Waals surface area (Å²) in [6, 6.07) is 9.52. The number of benzene rings is 1. The molecule has 0 unspecified atom stereocenters. The van der Waals surface area contributed by atoms with Gasteiger partial charge in [-0.3, -0.25) is 4.79 Å². The van der Waals surface area contributed by atoms with Gasteiger partial charge in [-0.25, -0.2) is 4.79 Å². The maximum absolute atomic E-state index is 12.0. The van der Waals surface area contributed by atoms with Crippen LogP contribution in [0.2, 0.25) is 0 Å². The summed E-state index contributed by atoms with van der Waals surface area (Å²) in [6.07, 6.45) is 0. The summed E-state index contributed by atoms with van der Waals surface area (Å²) >= 11 is 0. The first-order valence-electron chi connectivity index (χ1n) is 6.13. The van der Waals surface area contributed by atoms with Crippen molar-refractivity contribution in [2.24, 2.45) is 0 Å². The maximum Gasteiger partial charge on any atom is 0.355 e. The largest absolute Gasteiger partial charge is 0.451 e. The zero-order valence-electron chi connectivity index (χ0n) is 11.0. The van der Waals surface area contributed by atoms with Crippen molar-refractivity contribution < 1.29 is 14.3 Å². The topological polar surface area (TPSA) is 60.3 Å². The number of likely N-dealkylation sites (N-methyl/N-ethyl adjacent to an activating group) is 1. The van der Waals surface area contributed by atoms with E-state index in [4.69, 9.17) is 4.74 Å². The van der Waals surface area contributed by atoms with Crippen molar-refractivity contribution in [2.45, 2.75) is 13.5 Å². The zero-order valence-corrected chi connectivity index (χ0v) is 11.0. The summed E-state index contributed by atoms with van der Waals surface area (Å²) < 4.78 is 6.86. The molecule has 0 atom stereocenters. The molecule has 1 heterocycles. The fourth-order valence-corrected chi connectivity index (χ4v) is 2.00. The second-order valence-corrected chi connectivity index (χ2v) is 4.08. The summed E-state index contributed by atoms with van der Waals surface area (Å²) in [4.78, 5) is 23.1. The van der Waals surface area contributed by atoms with Crippen molar-refractivity contribution in [1.82, 2.24) is 9.88 Å². The van der Waals surface area contributed by atoms with Gasteiger partial charge >= 0.3 is 5.97 Å². The van der Waals surface area contributed by atoms with Crippen molar-refractivity contribution in [3.8, 4) is 0 Å². The van der Waals surface area contributed by atoms with Gasteiger partial charge in [-0.15, -0.1) is 0 Å². The van der Waals surface area contributed by atoms with Crippen molar-refractivity contribution in [3.63, 3.8) is 0 Å². The third kappa shape index (κ3) is 2.59. The number of carbonyl (C=O) groups excluding carboxylic acids is 2. The summed E-state index contributed by atoms with van der Waals surface area (Å²) in [7, 11) is 1.50. The second kappa shape index (κ2) is 5.56. The molecule has 0 aliphatic rings. The first kappa shape index (κ1) is 13.1. The number of esters is 1. The van der Waals surface area contributed by atoms with Crippen LogP contribution in [0, 0.1) is 0 Å². The minimum Gasteiger partial charge on any atom is -0.451 e. The zero-order chi connectivity index (χ0) is 13.8. The first-order valence-corrected chi connectivity index (χ1v) is 6.13. The summed E-state index contributed by atoms with van der Waals surface area (Å²) in [6.45, 7) is 2.36. The van der Waals surface area contributed by atoms with Gasteiger partial charge < -0.3 is 14.6 Å². The van der Waals surface area contributed by atoms with Crippen molar-refractivity contribution in [3.05, 3.63) is 36.0 Å². The van der Waals surface area contributed by atoms with Gasteiger partial charge in [0.1, 0.15) is 5.69 Å². The molecule has 0 aliphatic carbocycles. The number of ether oxygens (including phenoxy) is 1. The highest BCUT2D eigenvalue weighted by atomic mass is 16.5. The van der Waals surface area contributed by atoms with Gasteiger partial charge in [0.25, 0.3) is 5.91 Å². The first-order chi connectivity index (χ1) is 9.17. The van der Waals surface area contributed by atoms with Crippen LogP contribution in [0.3, 0.4) is 0 Å². The predicted octanol–water partition coefficient (Wildman–Crippen LogP) is 1.56. The van der Waals surface area contributed by atoms with E-state index in [0.29, 0.717) is 12.2 Å². The number of nitrogens with zero attached hydrogens (tertiary/aromatic N) is 1. The lowest BCUT2D eigenvalue weighted by atomic mass is 10.2. The van der Waals surface area contributed by atoms with E-state index >= 15 is 0 Å². The molecule has 0 radical (unpaired) electrons. The number of aromatic nitrogens is 1. The molecule has 1 aromatic heterocycles. The molecule has 0 saturated carbocycles. The molecule has 0 spiro atoms. The van der Waals surface area contributed by atoms with E-state index in [1.165, 1.54) is 7.05 Å². The molecule has 1 amide bonds. The molecular weight excluding hydrogens is 244 g/mol. The molecule has 2 rings (SSSR count). The number of nitrogens with one attached hydrogen (secondary N) is 1. The van der Waals surface area contributed by atoms with E-state index < -0.39 is 5.97 Å². The molecule has 1 N–H and O–H groups in total. The number of hydrogen-bond donors (Lipinski definition) is 1. The normalized spacial score (nSPS) is 10.4. The highest BCUT2D eigenvalue weighted by Crippen LogP contribution is 2.20. The van der Waals surface area contributed by atoms with Crippen molar-refractivity contribution in [1.29, 1.82) is 0 Å². The second-order valence-electron chi connectivity index (χ2n) is 4.08. The number of carbonyl (C=O) groups is 2. The van der Waals surface area contributed by atoms with E-state index in [0.717, 1.165) is 10.9 Å².